The molecule has 10 heteroatoms. The molecule has 2 amide bonds. The number of fused-ring (bicyclic) bond motifs is 2. The van der Waals surface area contributed by atoms with Gasteiger partial charge < -0.3 is 14.2 Å². The van der Waals surface area contributed by atoms with Gasteiger partial charge in [-0.05, 0) is 42.3 Å². The number of rotatable bonds is 5. The van der Waals surface area contributed by atoms with Crippen LogP contribution in [0.25, 0.3) is 0 Å². The van der Waals surface area contributed by atoms with Gasteiger partial charge in [-0.25, -0.2) is 9.18 Å². The highest BCUT2D eigenvalue weighted by Crippen LogP contribution is 2.46. The lowest BCUT2D eigenvalue weighted by molar-refractivity contribution is -0.135. The molecule has 2 saturated heterocycles. The van der Waals surface area contributed by atoms with Crippen LogP contribution in [0.2, 0.25) is 5.02 Å². The van der Waals surface area contributed by atoms with Gasteiger partial charge in [0, 0.05) is 38.3 Å². The fourth-order valence-corrected chi connectivity index (χ4v) is 6.11. The number of amides is 2. The van der Waals surface area contributed by atoms with Crippen LogP contribution in [-0.4, -0.2) is 52.5 Å². The smallest absolute Gasteiger partial charge is 0.412 e. The molecule has 2 atom stereocenters. The first-order valence-corrected chi connectivity index (χ1v) is 13.4. The molecular formula is C29H28ClFN4O4. The van der Waals surface area contributed by atoms with E-state index < -0.39 is 17.5 Å². The zero-order valence-corrected chi connectivity index (χ0v) is 22.0. The van der Waals surface area contributed by atoms with E-state index in [0.717, 1.165) is 30.6 Å². The summed E-state index contributed by atoms with van der Waals surface area (Å²) in [6, 6.07) is 16.3. The molecule has 0 aliphatic carbocycles. The highest BCUT2D eigenvalue weighted by molar-refractivity contribution is 6.31. The normalized spacial score (nSPS) is 22.6. The third kappa shape index (κ3) is 4.92. The molecule has 8 nitrogen and oxygen atoms in total. The van der Waals surface area contributed by atoms with Gasteiger partial charge >= 0.3 is 6.09 Å². The summed E-state index contributed by atoms with van der Waals surface area (Å²) in [5, 5.41) is 2.49. The Morgan fingerprint density at radius 1 is 1.05 bits per heavy atom. The van der Waals surface area contributed by atoms with Gasteiger partial charge in [-0.2, -0.15) is 0 Å². The maximum absolute atomic E-state index is 15.1. The Bertz CT molecular complexity index is 1490. The molecule has 39 heavy (non-hydrogen) atoms. The van der Waals surface area contributed by atoms with Crippen LogP contribution in [-0.2, 0) is 28.2 Å². The van der Waals surface area contributed by atoms with E-state index in [1.807, 2.05) is 18.2 Å². The fourth-order valence-electron chi connectivity index (χ4n) is 5.95. The zero-order valence-electron chi connectivity index (χ0n) is 21.2. The van der Waals surface area contributed by atoms with Crippen LogP contribution in [0.15, 0.2) is 65.6 Å². The van der Waals surface area contributed by atoms with Crippen molar-refractivity contribution in [3.63, 3.8) is 0 Å². The van der Waals surface area contributed by atoms with E-state index in [-0.39, 0.29) is 34.5 Å². The molecule has 6 rings (SSSR count). The number of likely N-dealkylation sites (tertiary alicyclic amines) is 2. The van der Waals surface area contributed by atoms with Crippen molar-refractivity contribution >= 4 is 29.3 Å². The van der Waals surface area contributed by atoms with Gasteiger partial charge in [0.1, 0.15) is 0 Å². The zero-order chi connectivity index (χ0) is 27.1. The molecule has 1 unspecified atom stereocenters. The number of carbonyl (C=O) groups excluding carboxylic acids is 2. The second-order valence-electron chi connectivity index (χ2n) is 10.5. The Morgan fingerprint density at radius 2 is 1.82 bits per heavy atom. The SMILES string of the molecule is O=C1Nc2ccc(Cl)c(F)c2[C@]2(CCN(C(=O)C3CCN(Cc4ccc(Cn5ccccc5=O)cc4)C3)C2)O1. The van der Waals surface area contributed by atoms with E-state index in [1.54, 1.807) is 33.9 Å². The van der Waals surface area contributed by atoms with Gasteiger partial charge in [0.15, 0.2) is 11.4 Å². The molecule has 1 N–H and O–H groups in total. The number of nitrogens with zero attached hydrogens (tertiary/aromatic N) is 3. The first-order chi connectivity index (χ1) is 18.8. The number of ether oxygens (including phenoxy) is 1. The lowest BCUT2D eigenvalue weighted by atomic mass is 9.89. The molecule has 0 radical (unpaired) electrons. The molecule has 1 aromatic heterocycles. The quantitative estimate of drug-likeness (QED) is 0.515. The van der Waals surface area contributed by atoms with Gasteiger partial charge in [-0.3, -0.25) is 19.8 Å². The Labute approximate surface area is 229 Å². The van der Waals surface area contributed by atoms with Crippen molar-refractivity contribution in [2.24, 2.45) is 5.92 Å². The van der Waals surface area contributed by atoms with Crippen LogP contribution in [0, 0.1) is 11.7 Å². The van der Waals surface area contributed by atoms with Gasteiger partial charge in [-0.1, -0.05) is 41.9 Å². The molecular weight excluding hydrogens is 523 g/mol. The number of hydrogen-bond donors (Lipinski definition) is 1. The van der Waals surface area contributed by atoms with E-state index in [2.05, 4.69) is 22.3 Å². The Balaban J connectivity index is 1.08. The number of pyridine rings is 1. The van der Waals surface area contributed by atoms with Gasteiger partial charge in [0.05, 0.1) is 35.3 Å². The van der Waals surface area contributed by atoms with Crippen LogP contribution in [0.1, 0.15) is 29.5 Å². The fraction of sp³-hybridized carbons (Fsp3) is 0.345. The minimum absolute atomic E-state index is 0.00315. The van der Waals surface area contributed by atoms with Gasteiger partial charge in [0.25, 0.3) is 5.56 Å². The van der Waals surface area contributed by atoms with Crippen molar-refractivity contribution in [1.82, 2.24) is 14.4 Å². The second-order valence-corrected chi connectivity index (χ2v) is 10.9. The Hall–Kier alpha value is -3.69. The summed E-state index contributed by atoms with van der Waals surface area (Å²) in [6.07, 6.45) is 2.16. The summed E-state index contributed by atoms with van der Waals surface area (Å²) in [6.45, 7) is 3.14. The van der Waals surface area contributed by atoms with Crippen molar-refractivity contribution in [1.29, 1.82) is 0 Å². The second kappa shape index (κ2) is 10.1. The standard InChI is InChI=1S/C29H28ClFN4O4/c30-22-8-9-23-25(26(22)31)29(39-28(38)32-23)11-14-35(18-29)27(37)21-10-13-33(17-21)15-19-4-6-20(7-5-19)16-34-12-2-1-3-24(34)36/h1-9,12,21H,10-11,13-18H2,(H,32,38)/t21?,29-/m1/s1. The number of aromatic nitrogens is 1. The number of halogens is 2. The third-order valence-electron chi connectivity index (χ3n) is 7.92. The van der Waals surface area contributed by atoms with Crippen LogP contribution in [0.3, 0.4) is 0 Å². The largest absolute Gasteiger partial charge is 0.436 e. The number of hydrogen-bond acceptors (Lipinski definition) is 5. The molecule has 1 spiro atoms. The van der Waals surface area contributed by atoms with Crippen LogP contribution in [0.5, 0.6) is 0 Å². The van der Waals surface area contributed by atoms with E-state index in [1.165, 1.54) is 6.07 Å². The summed E-state index contributed by atoms with van der Waals surface area (Å²) >= 11 is 6.04. The van der Waals surface area contributed by atoms with Gasteiger partial charge in [-0.15, -0.1) is 0 Å². The highest BCUT2D eigenvalue weighted by Gasteiger charge is 2.51. The van der Waals surface area contributed by atoms with E-state index in [4.69, 9.17) is 16.3 Å². The summed E-state index contributed by atoms with van der Waals surface area (Å²) in [5.74, 6) is -0.806. The molecule has 202 valence electrons. The lowest BCUT2D eigenvalue weighted by Crippen LogP contribution is -2.44. The number of nitrogens with one attached hydrogen (secondary N) is 1. The van der Waals surface area contributed by atoms with Crippen LogP contribution < -0.4 is 10.9 Å². The molecule has 3 aliphatic rings. The summed E-state index contributed by atoms with van der Waals surface area (Å²) in [5.41, 5.74) is 1.44. The van der Waals surface area contributed by atoms with Crippen LogP contribution in [0.4, 0.5) is 14.9 Å². The minimum atomic E-state index is -1.24. The molecule has 0 saturated carbocycles. The van der Waals surface area contributed by atoms with Crippen molar-refractivity contribution in [3.05, 3.63) is 98.7 Å². The maximum Gasteiger partial charge on any atom is 0.412 e. The average Bonchev–Trinajstić information content (AvgIpc) is 3.56. The Kier molecular flexibility index (Phi) is 6.64. The average molecular weight is 551 g/mol. The predicted molar refractivity (Wildman–Crippen MR) is 144 cm³/mol. The predicted octanol–water partition coefficient (Wildman–Crippen LogP) is 4.20. The maximum atomic E-state index is 15.1. The Morgan fingerprint density at radius 3 is 2.59 bits per heavy atom. The summed E-state index contributed by atoms with van der Waals surface area (Å²) in [7, 11) is 0. The van der Waals surface area contributed by atoms with E-state index >= 15 is 4.39 Å². The van der Waals surface area contributed by atoms with Gasteiger partial charge in [0.2, 0.25) is 5.91 Å². The number of carbonyl (C=O) groups is 2. The topological polar surface area (TPSA) is 83.9 Å². The molecule has 4 heterocycles. The van der Waals surface area contributed by atoms with Crippen molar-refractivity contribution in [2.45, 2.75) is 31.5 Å². The summed E-state index contributed by atoms with van der Waals surface area (Å²) < 4.78 is 22.3. The molecule has 2 fully saturated rings. The monoisotopic (exact) mass is 550 g/mol. The number of benzene rings is 2. The summed E-state index contributed by atoms with van der Waals surface area (Å²) in [4.78, 5) is 41.6. The van der Waals surface area contributed by atoms with Crippen LogP contribution >= 0.6 is 11.6 Å². The minimum Gasteiger partial charge on any atom is -0.436 e. The number of anilines is 1. The highest BCUT2D eigenvalue weighted by atomic mass is 35.5. The molecule has 0 bridgehead atoms. The molecule has 3 aromatic rings. The lowest BCUT2D eigenvalue weighted by Gasteiger charge is -2.36. The van der Waals surface area contributed by atoms with E-state index in [0.29, 0.717) is 31.7 Å². The molecule has 3 aliphatic heterocycles. The first kappa shape index (κ1) is 25.6. The molecule has 2 aromatic carbocycles. The third-order valence-corrected chi connectivity index (χ3v) is 8.21. The van der Waals surface area contributed by atoms with Crippen molar-refractivity contribution in [2.75, 3.05) is 31.5 Å². The first-order valence-electron chi connectivity index (χ1n) is 13.0. The van der Waals surface area contributed by atoms with Crippen molar-refractivity contribution < 1.29 is 18.7 Å². The van der Waals surface area contributed by atoms with E-state index in [9.17, 15) is 14.4 Å². The van der Waals surface area contributed by atoms with Crippen molar-refractivity contribution in [3.8, 4) is 0 Å².